The normalized spacial score (nSPS) is 32.4. The van der Waals surface area contributed by atoms with Crippen molar-refractivity contribution < 1.29 is 14.7 Å². The number of urea groups is 1. The number of nitrogens with zero attached hydrogens (tertiary/aromatic N) is 2. The molecule has 3 fully saturated rings. The third-order valence-electron chi connectivity index (χ3n) is 5.45. The van der Waals surface area contributed by atoms with Crippen LogP contribution in [0.5, 0.6) is 0 Å². The van der Waals surface area contributed by atoms with Crippen LogP contribution < -0.4 is 0 Å². The van der Waals surface area contributed by atoms with Crippen molar-refractivity contribution in [2.45, 2.75) is 76.4 Å². The van der Waals surface area contributed by atoms with E-state index in [9.17, 15) is 14.7 Å². The Hall–Kier alpha value is -1.26. The smallest absolute Gasteiger partial charge is 0.326 e. The first-order valence-corrected chi connectivity index (χ1v) is 8.45. The second-order valence-electron chi connectivity index (χ2n) is 6.75. The van der Waals surface area contributed by atoms with E-state index in [1.165, 1.54) is 6.42 Å². The zero-order valence-electron chi connectivity index (χ0n) is 12.8. The van der Waals surface area contributed by atoms with E-state index >= 15 is 0 Å². The molecule has 5 heteroatoms. The van der Waals surface area contributed by atoms with Crippen LogP contribution in [-0.2, 0) is 4.79 Å². The highest BCUT2D eigenvalue weighted by atomic mass is 16.4. The van der Waals surface area contributed by atoms with E-state index in [-0.39, 0.29) is 12.1 Å². The second kappa shape index (κ2) is 5.85. The first-order chi connectivity index (χ1) is 10.1. The molecule has 0 aromatic carbocycles. The average Bonchev–Trinajstić information content (AvgIpc) is 3.31. The summed E-state index contributed by atoms with van der Waals surface area (Å²) >= 11 is 0. The predicted molar refractivity (Wildman–Crippen MR) is 79.0 cm³/mol. The van der Waals surface area contributed by atoms with Gasteiger partial charge in [-0.3, -0.25) is 0 Å². The van der Waals surface area contributed by atoms with Crippen LogP contribution >= 0.6 is 0 Å². The molecule has 1 aliphatic heterocycles. The minimum Gasteiger partial charge on any atom is -0.480 e. The number of carbonyl (C=O) groups excluding carboxylic acids is 1. The van der Waals surface area contributed by atoms with Crippen LogP contribution in [0.1, 0.15) is 58.3 Å². The largest absolute Gasteiger partial charge is 0.480 e. The van der Waals surface area contributed by atoms with Gasteiger partial charge >= 0.3 is 12.0 Å². The molecule has 2 amide bonds. The topological polar surface area (TPSA) is 60.9 Å². The number of carboxylic acid groups (broad SMARTS) is 1. The van der Waals surface area contributed by atoms with Crippen LogP contribution in [0.3, 0.4) is 0 Å². The number of fused-ring (bicyclic) bond motifs is 1. The summed E-state index contributed by atoms with van der Waals surface area (Å²) in [4.78, 5) is 28.2. The highest BCUT2D eigenvalue weighted by Gasteiger charge is 2.46. The SMILES string of the molecule is CCN(C(=O)N1C(C(=O)O)CCC2CCCCC21)C1CC1. The maximum Gasteiger partial charge on any atom is 0.326 e. The number of rotatable bonds is 3. The van der Waals surface area contributed by atoms with Gasteiger partial charge in [0, 0.05) is 18.6 Å². The molecule has 2 saturated carbocycles. The predicted octanol–water partition coefficient (Wildman–Crippen LogP) is 2.70. The summed E-state index contributed by atoms with van der Waals surface area (Å²) in [6.45, 7) is 2.68. The van der Waals surface area contributed by atoms with E-state index in [2.05, 4.69) is 0 Å². The van der Waals surface area contributed by atoms with Crippen molar-refractivity contribution in [2.75, 3.05) is 6.54 Å². The number of hydrogen-bond donors (Lipinski definition) is 1. The average molecular weight is 294 g/mol. The molecule has 1 saturated heterocycles. The Balaban J connectivity index is 1.84. The molecule has 0 radical (unpaired) electrons. The standard InChI is InChI=1S/C16H26N2O3/c1-2-17(12-8-9-12)16(21)18-13-6-4-3-5-11(13)7-10-14(18)15(19)20/h11-14H,2-10H2,1H3,(H,19,20). The lowest BCUT2D eigenvalue weighted by molar-refractivity contribution is -0.146. The number of aliphatic carboxylic acids is 1. The molecule has 1 N–H and O–H groups in total. The summed E-state index contributed by atoms with van der Waals surface area (Å²) in [7, 11) is 0. The Labute approximate surface area is 126 Å². The minimum atomic E-state index is -0.834. The first kappa shape index (κ1) is 14.7. The van der Waals surface area contributed by atoms with Crippen molar-refractivity contribution in [3.63, 3.8) is 0 Å². The lowest BCUT2D eigenvalue weighted by Crippen LogP contribution is -2.60. The van der Waals surface area contributed by atoms with Gasteiger partial charge < -0.3 is 14.9 Å². The molecule has 5 nitrogen and oxygen atoms in total. The van der Waals surface area contributed by atoms with Gasteiger partial charge in [0.25, 0.3) is 0 Å². The maximum absolute atomic E-state index is 13.0. The molecule has 0 bridgehead atoms. The van der Waals surface area contributed by atoms with Gasteiger partial charge in [0.15, 0.2) is 0 Å². The highest BCUT2D eigenvalue weighted by molar-refractivity contribution is 5.83. The highest BCUT2D eigenvalue weighted by Crippen LogP contribution is 2.39. The van der Waals surface area contributed by atoms with Crippen molar-refractivity contribution in [1.29, 1.82) is 0 Å². The van der Waals surface area contributed by atoms with E-state index in [1.807, 2.05) is 11.8 Å². The molecular formula is C16H26N2O3. The van der Waals surface area contributed by atoms with Crippen LogP contribution in [0.2, 0.25) is 0 Å². The Kier molecular flexibility index (Phi) is 4.09. The molecule has 0 aromatic heterocycles. The molecule has 1 heterocycles. The van der Waals surface area contributed by atoms with Gasteiger partial charge in [0.1, 0.15) is 6.04 Å². The zero-order chi connectivity index (χ0) is 15.0. The molecule has 3 aliphatic rings. The molecule has 3 atom stereocenters. The molecule has 0 aromatic rings. The Bertz CT molecular complexity index is 422. The number of amides is 2. The van der Waals surface area contributed by atoms with Gasteiger partial charge in [0.05, 0.1) is 0 Å². The van der Waals surface area contributed by atoms with Crippen LogP contribution in [0.4, 0.5) is 4.79 Å². The first-order valence-electron chi connectivity index (χ1n) is 8.45. The van der Waals surface area contributed by atoms with E-state index in [1.54, 1.807) is 4.90 Å². The van der Waals surface area contributed by atoms with Gasteiger partial charge in [-0.05, 0) is 51.4 Å². The fourth-order valence-electron chi connectivity index (χ4n) is 4.23. The number of piperidine rings is 1. The lowest BCUT2D eigenvalue weighted by Gasteiger charge is -2.48. The van der Waals surface area contributed by atoms with Crippen LogP contribution in [0.15, 0.2) is 0 Å². The fraction of sp³-hybridized carbons (Fsp3) is 0.875. The van der Waals surface area contributed by atoms with Crippen molar-refractivity contribution in [3.8, 4) is 0 Å². The monoisotopic (exact) mass is 294 g/mol. The van der Waals surface area contributed by atoms with E-state index in [4.69, 9.17) is 0 Å². The third kappa shape index (κ3) is 2.74. The summed E-state index contributed by atoms with van der Waals surface area (Å²) in [6.07, 6.45) is 8.18. The third-order valence-corrected chi connectivity index (χ3v) is 5.45. The number of hydrogen-bond acceptors (Lipinski definition) is 2. The van der Waals surface area contributed by atoms with Gasteiger partial charge in [-0.15, -0.1) is 0 Å². The maximum atomic E-state index is 13.0. The lowest BCUT2D eigenvalue weighted by atomic mass is 9.76. The van der Waals surface area contributed by atoms with E-state index < -0.39 is 12.0 Å². The molecule has 21 heavy (non-hydrogen) atoms. The van der Waals surface area contributed by atoms with E-state index in [0.717, 1.165) is 38.5 Å². The summed E-state index contributed by atoms with van der Waals surface area (Å²) in [5.41, 5.74) is 0. The molecular weight excluding hydrogens is 268 g/mol. The van der Waals surface area contributed by atoms with Crippen LogP contribution in [-0.4, -0.2) is 51.6 Å². The van der Waals surface area contributed by atoms with E-state index in [0.29, 0.717) is 24.9 Å². The molecule has 3 unspecified atom stereocenters. The summed E-state index contributed by atoms with van der Waals surface area (Å²) in [5, 5.41) is 9.54. The van der Waals surface area contributed by atoms with Crippen molar-refractivity contribution in [3.05, 3.63) is 0 Å². The van der Waals surface area contributed by atoms with Gasteiger partial charge in [-0.25, -0.2) is 9.59 Å². The Morgan fingerprint density at radius 3 is 2.43 bits per heavy atom. The van der Waals surface area contributed by atoms with Crippen LogP contribution in [0, 0.1) is 5.92 Å². The minimum absolute atomic E-state index is 0.0241. The van der Waals surface area contributed by atoms with Crippen LogP contribution in [0.25, 0.3) is 0 Å². The van der Waals surface area contributed by atoms with Crippen molar-refractivity contribution in [1.82, 2.24) is 9.80 Å². The quantitative estimate of drug-likeness (QED) is 0.870. The molecule has 2 aliphatic carbocycles. The summed E-state index contributed by atoms with van der Waals surface area (Å²) in [6, 6.07) is -0.150. The second-order valence-corrected chi connectivity index (χ2v) is 6.75. The summed E-state index contributed by atoms with van der Waals surface area (Å²) < 4.78 is 0. The van der Waals surface area contributed by atoms with Crippen molar-refractivity contribution in [2.24, 2.45) is 5.92 Å². The molecule has 3 rings (SSSR count). The Morgan fingerprint density at radius 1 is 1.10 bits per heavy atom. The fourth-order valence-corrected chi connectivity index (χ4v) is 4.23. The molecule has 118 valence electrons. The zero-order valence-corrected chi connectivity index (χ0v) is 12.8. The molecule has 0 spiro atoms. The van der Waals surface area contributed by atoms with Gasteiger partial charge in [-0.2, -0.15) is 0 Å². The summed E-state index contributed by atoms with van der Waals surface area (Å²) in [5.74, 6) is -0.324. The number of likely N-dealkylation sites (tertiary alicyclic amines) is 1. The Morgan fingerprint density at radius 2 is 1.81 bits per heavy atom. The van der Waals surface area contributed by atoms with Gasteiger partial charge in [0.2, 0.25) is 0 Å². The van der Waals surface area contributed by atoms with Crippen molar-refractivity contribution >= 4 is 12.0 Å². The van der Waals surface area contributed by atoms with Gasteiger partial charge in [-0.1, -0.05) is 12.8 Å². The number of carbonyl (C=O) groups is 2. The number of carboxylic acids is 1.